The molecule has 88 valence electrons. The smallest absolute Gasteiger partial charge is 0.143 e. The van der Waals surface area contributed by atoms with Gasteiger partial charge in [0.25, 0.3) is 0 Å². The molecule has 0 heterocycles. The van der Waals surface area contributed by atoms with Gasteiger partial charge in [0.05, 0.1) is 11.1 Å². The van der Waals surface area contributed by atoms with E-state index in [2.05, 4.69) is 0 Å². The molecule has 1 aliphatic carbocycles. The zero-order chi connectivity index (χ0) is 11.9. The molecule has 0 spiro atoms. The summed E-state index contributed by atoms with van der Waals surface area (Å²) in [6.07, 6.45) is 2.26. The first-order valence-electron chi connectivity index (χ1n) is 5.33. The molecule has 0 saturated heterocycles. The Bertz CT molecular complexity index is 410. The monoisotopic (exact) mass is 243 g/mol. The van der Waals surface area contributed by atoms with Gasteiger partial charge < -0.3 is 10.5 Å². The van der Waals surface area contributed by atoms with Crippen LogP contribution in [0.2, 0.25) is 5.02 Å². The van der Waals surface area contributed by atoms with E-state index in [-0.39, 0.29) is 11.9 Å². The highest BCUT2D eigenvalue weighted by Gasteiger charge is 2.29. The van der Waals surface area contributed by atoms with Gasteiger partial charge in [-0.05, 0) is 38.8 Å². The van der Waals surface area contributed by atoms with Crippen LogP contribution >= 0.6 is 11.6 Å². The van der Waals surface area contributed by atoms with Crippen LogP contribution in [0.1, 0.15) is 32.3 Å². The van der Waals surface area contributed by atoms with Gasteiger partial charge in [0.15, 0.2) is 0 Å². The molecule has 1 fully saturated rings. The van der Waals surface area contributed by atoms with E-state index in [9.17, 15) is 4.39 Å². The minimum absolute atomic E-state index is 0.212. The lowest BCUT2D eigenvalue weighted by Gasteiger charge is -2.23. The summed E-state index contributed by atoms with van der Waals surface area (Å²) in [5, 5.41) is 0.292. The Morgan fingerprint density at radius 1 is 1.44 bits per heavy atom. The number of rotatable bonds is 3. The van der Waals surface area contributed by atoms with Crippen LogP contribution in [0.3, 0.4) is 0 Å². The lowest BCUT2D eigenvalue weighted by molar-refractivity contribution is 0.293. The van der Waals surface area contributed by atoms with E-state index < -0.39 is 5.54 Å². The summed E-state index contributed by atoms with van der Waals surface area (Å²) in [4.78, 5) is 0. The van der Waals surface area contributed by atoms with Crippen molar-refractivity contribution in [3.05, 3.63) is 28.5 Å². The van der Waals surface area contributed by atoms with Crippen LogP contribution in [0.4, 0.5) is 4.39 Å². The number of benzene rings is 1. The van der Waals surface area contributed by atoms with Crippen molar-refractivity contribution in [2.45, 2.75) is 38.3 Å². The van der Waals surface area contributed by atoms with Crippen LogP contribution in [-0.4, -0.2) is 6.10 Å². The van der Waals surface area contributed by atoms with Gasteiger partial charge in [0, 0.05) is 11.1 Å². The van der Waals surface area contributed by atoms with Crippen molar-refractivity contribution < 1.29 is 9.13 Å². The van der Waals surface area contributed by atoms with E-state index in [0.717, 1.165) is 12.8 Å². The fourth-order valence-corrected chi connectivity index (χ4v) is 1.76. The van der Waals surface area contributed by atoms with Crippen molar-refractivity contribution in [1.29, 1.82) is 0 Å². The molecule has 2 rings (SSSR count). The van der Waals surface area contributed by atoms with Crippen molar-refractivity contribution >= 4 is 11.6 Å². The lowest BCUT2D eigenvalue weighted by atomic mass is 9.94. The second-order valence-corrected chi connectivity index (χ2v) is 5.21. The number of hydrogen-bond donors (Lipinski definition) is 1. The van der Waals surface area contributed by atoms with Crippen LogP contribution in [-0.2, 0) is 5.54 Å². The number of nitrogens with two attached hydrogens (primary N) is 1. The molecule has 1 aliphatic rings. The molecular formula is C12H15ClFNO. The summed E-state index contributed by atoms with van der Waals surface area (Å²) in [6.45, 7) is 3.61. The zero-order valence-electron chi connectivity index (χ0n) is 9.39. The van der Waals surface area contributed by atoms with Gasteiger partial charge in [-0.15, -0.1) is 0 Å². The van der Waals surface area contributed by atoms with E-state index in [1.54, 1.807) is 13.8 Å². The highest BCUT2D eigenvalue weighted by atomic mass is 35.5. The molecule has 16 heavy (non-hydrogen) atoms. The topological polar surface area (TPSA) is 35.2 Å². The Balaban J connectivity index is 2.45. The molecule has 0 bridgehead atoms. The largest absolute Gasteiger partial charge is 0.489 e. The van der Waals surface area contributed by atoms with E-state index in [1.807, 2.05) is 0 Å². The van der Waals surface area contributed by atoms with Crippen molar-refractivity contribution in [2.24, 2.45) is 5.73 Å². The van der Waals surface area contributed by atoms with Crippen molar-refractivity contribution in [3.63, 3.8) is 0 Å². The van der Waals surface area contributed by atoms with Gasteiger partial charge in [-0.2, -0.15) is 0 Å². The average Bonchev–Trinajstić information content (AvgIpc) is 2.91. The molecule has 4 heteroatoms. The minimum Gasteiger partial charge on any atom is -0.489 e. The van der Waals surface area contributed by atoms with Gasteiger partial charge in [0.1, 0.15) is 11.6 Å². The zero-order valence-corrected chi connectivity index (χ0v) is 10.1. The van der Waals surface area contributed by atoms with E-state index in [1.165, 1.54) is 12.1 Å². The Morgan fingerprint density at radius 3 is 2.56 bits per heavy atom. The first-order chi connectivity index (χ1) is 7.38. The minimum atomic E-state index is -0.671. The fourth-order valence-electron chi connectivity index (χ4n) is 1.51. The fraction of sp³-hybridized carbons (Fsp3) is 0.500. The predicted molar refractivity (Wildman–Crippen MR) is 62.3 cm³/mol. The number of hydrogen-bond acceptors (Lipinski definition) is 2. The quantitative estimate of drug-likeness (QED) is 0.885. The van der Waals surface area contributed by atoms with Crippen molar-refractivity contribution in [2.75, 3.05) is 0 Å². The predicted octanol–water partition coefficient (Wildman–Crippen LogP) is 3.21. The van der Waals surface area contributed by atoms with Crippen LogP contribution in [0, 0.1) is 5.82 Å². The first kappa shape index (κ1) is 11.7. The van der Waals surface area contributed by atoms with E-state index in [0.29, 0.717) is 16.3 Å². The summed E-state index contributed by atoms with van der Waals surface area (Å²) >= 11 is 5.99. The van der Waals surface area contributed by atoms with Crippen molar-refractivity contribution in [3.8, 4) is 5.75 Å². The Kier molecular flexibility index (Phi) is 2.84. The third kappa shape index (κ3) is 2.47. The summed E-state index contributed by atoms with van der Waals surface area (Å²) in [5.74, 6) is 0.139. The van der Waals surface area contributed by atoms with Crippen LogP contribution < -0.4 is 10.5 Å². The third-order valence-corrected chi connectivity index (χ3v) is 2.79. The van der Waals surface area contributed by atoms with Crippen LogP contribution in [0.5, 0.6) is 5.75 Å². The molecule has 2 nitrogen and oxygen atoms in total. The molecule has 1 aromatic rings. The Morgan fingerprint density at radius 2 is 2.06 bits per heavy atom. The molecular weight excluding hydrogens is 229 g/mol. The summed E-state index contributed by atoms with van der Waals surface area (Å²) in [5.41, 5.74) is 5.93. The molecule has 2 N–H and O–H groups in total. The molecule has 0 amide bonds. The van der Waals surface area contributed by atoms with Crippen molar-refractivity contribution in [1.82, 2.24) is 0 Å². The number of halogens is 2. The highest BCUT2D eigenvalue weighted by molar-refractivity contribution is 6.32. The average molecular weight is 244 g/mol. The normalized spacial score (nSPS) is 16.3. The second kappa shape index (κ2) is 3.90. The van der Waals surface area contributed by atoms with Crippen LogP contribution in [0.25, 0.3) is 0 Å². The SMILES string of the molecule is CC(C)(N)c1cc(F)cc(Cl)c1OC1CC1. The highest BCUT2D eigenvalue weighted by Crippen LogP contribution is 2.39. The number of ether oxygens (including phenoxy) is 1. The summed E-state index contributed by atoms with van der Waals surface area (Å²) < 4.78 is 19.0. The van der Waals surface area contributed by atoms with Gasteiger partial charge in [-0.3, -0.25) is 0 Å². The molecule has 0 atom stereocenters. The molecule has 0 aromatic heterocycles. The third-order valence-electron chi connectivity index (χ3n) is 2.51. The maximum atomic E-state index is 13.3. The standard InChI is InChI=1S/C12H15ClFNO/c1-12(2,15)9-5-7(14)6-10(13)11(9)16-8-3-4-8/h5-6,8H,3-4,15H2,1-2H3. The lowest BCUT2D eigenvalue weighted by Crippen LogP contribution is -2.29. The summed E-state index contributed by atoms with van der Waals surface area (Å²) in [6, 6.07) is 2.65. The Hall–Kier alpha value is -0.800. The molecule has 0 radical (unpaired) electrons. The van der Waals surface area contributed by atoms with E-state index in [4.69, 9.17) is 22.1 Å². The van der Waals surface area contributed by atoms with Crippen LogP contribution in [0.15, 0.2) is 12.1 Å². The first-order valence-corrected chi connectivity index (χ1v) is 5.71. The molecule has 0 unspecified atom stereocenters. The summed E-state index contributed by atoms with van der Waals surface area (Å²) in [7, 11) is 0. The molecule has 1 aromatic carbocycles. The van der Waals surface area contributed by atoms with Gasteiger partial charge in [-0.1, -0.05) is 11.6 Å². The van der Waals surface area contributed by atoms with Gasteiger partial charge >= 0.3 is 0 Å². The second-order valence-electron chi connectivity index (χ2n) is 4.80. The van der Waals surface area contributed by atoms with Gasteiger partial charge in [0.2, 0.25) is 0 Å². The molecule has 0 aliphatic heterocycles. The van der Waals surface area contributed by atoms with Gasteiger partial charge in [-0.25, -0.2) is 4.39 Å². The molecule has 1 saturated carbocycles. The maximum Gasteiger partial charge on any atom is 0.143 e. The maximum absolute atomic E-state index is 13.3. The van der Waals surface area contributed by atoms with E-state index >= 15 is 0 Å². The Labute approximate surface area is 99.5 Å².